The van der Waals surface area contributed by atoms with Crippen LogP contribution in [0.5, 0.6) is 17.2 Å². The highest BCUT2D eigenvalue weighted by Gasteiger charge is 2.51. The van der Waals surface area contributed by atoms with Crippen molar-refractivity contribution in [1.82, 2.24) is 0 Å². The lowest BCUT2D eigenvalue weighted by Gasteiger charge is -2.38. The average molecular weight is 1480 g/mol. The van der Waals surface area contributed by atoms with Crippen molar-refractivity contribution in [3.05, 3.63) is 447 Å². The summed E-state index contributed by atoms with van der Waals surface area (Å²) >= 11 is 0. The molecule has 0 saturated carbocycles. The smallest absolute Gasteiger partial charge is 0.149 e. The van der Waals surface area contributed by atoms with E-state index in [2.05, 4.69) is 406 Å². The first-order valence-electron chi connectivity index (χ1n) is 40.1. The van der Waals surface area contributed by atoms with Gasteiger partial charge in [-0.1, -0.05) is 291 Å². The quantitative estimate of drug-likeness (QED) is 0.0756. The number of benzene rings is 18. The zero-order chi connectivity index (χ0) is 77.7. The van der Waals surface area contributed by atoms with Crippen molar-refractivity contribution in [3.63, 3.8) is 0 Å². The van der Waals surface area contributed by atoms with Crippen LogP contribution in [-0.4, -0.2) is 19.8 Å². The molecule has 0 aliphatic heterocycles. The second-order valence-corrected chi connectivity index (χ2v) is 31.3. The second kappa shape index (κ2) is 27.8. The van der Waals surface area contributed by atoms with E-state index in [0.29, 0.717) is 19.8 Å². The second-order valence-electron chi connectivity index (χ2n) is 31.3. The van der Waals surface area contributed by atoms with Crippen LogP contribution >= 0.6 is 0 Å². The monoisotopic (exact) mass is 1480 g/mol. The fraction of sp³-hybridized carbons (Fsp3) is 0.0973. The summed E-state index contributed by atoms with van der Waals surface area (Å²) in [6.45, 7) is 9.01. The summed E-state index contributed by atoms with van der Waals surface area (Å²) in [5.41, 5.74) is 22.7. The van der Waals surface area contributed by atoms with Crippen molar-refractivity contribution in [2.24, 2.45) is 0 Å². The largest absolute Gasteiger partial charge is 0.481 e. The molecule has 0 heterocycles. The van der Waals surface area contributed by atoms with Gasteiger partial charge in [0.1, 0.15) is 37.1 Å². The predicted molar refractivity (Wildman–Crippen MR) is 479 cm³/mol. The maximum Gasteiger partial charge on any atom is 0.149 e. The van der Waals surface area contributed by atoms with Crippen LogP contribution in [0.4, 0.5) is 0 Å². The third kappa shape index (κ3) is 10.7. The molecule has 3 heteroatoms. The standard InChI is InChI=1S/C113H78O3/c1-5-8-59-114-95-56-38-80-62-92(41-35-83(80)65-95)111(104-32-20-17-29-98(104)101-68-74-23-11-14-26-77(74)71-107(101)111)89-50-44-86(45-51-89)110(4,87-46-52-90(53-47-87)112(93-42-36-84-66-96(115-60-9-6-2)57-39-81(84)63-93)105-33-21-18-30-99(105)102-69-75-24-12-15-27-78(75)72-108(102)112)88-48-54-91(55-49-88)113(94-43-37-85-67-97(116-61-10-7-3)58-40-82(85)64-94)106-34-22-19-31-100(106)103-70-76-25-13-16-28-79(76)73-109(103)113/h11-58,62-73H,59-61H2,1-4H3. The van der Waals surface area contributed by atoms with Crippen LogP contribution in [0.1, 0.15) is 111 Å². The Labute approximate surface area is 677 Å². The summed E-state index contributed by atoms with van der Waals surface area (Å²) in [4.78, 5) is 0. The summed E-state index contributed by atoms with van der Waals surface area (Å²) in [6.07, 6.45) is 0. The minimum Gasteiger partial charge on any atom is -0.481 e. The Morgan fingerprint density at radius 2 is 0.448 bits per heavy atom. The van der Waals surface area contributed by atoms with Crippen LogP contribution in [0.3, 0.4) is 0 Å². The summed E-state index contributed by atoms with van der Waals surface area (Å²) in [6, 6.07) is 138. The molecule has 0 fully saturated rings. The Hall–Kier alpha value is -14.4. The number of hydrogen-bond acceptors (Lipinski definition) is 3. The summed E-state index contributed by atoms with van der Waals surface area (Å²) < 4.78 is 18.5. The molecule has 0 aromatic heterocycles. The van der Waals surface area contributed by atoms with Gasteiger partial charge in [-0.3, -0.25) is 0 Å². The van der Waals surface area contributed by atoms with Crippen molar-refractivity contribution in [3.8, 4) is 86.2 Å². The number of fused-ring (bicyclic) bond motifs is 15. The van der Waals surface area contributed by atoms with Crippen molar-refractivity contribution >= 4 is 64.6 Å². The van der Waals surface area contributed by atoms with Gasteiger partial charge in [-0.15, -0.1) is 17.8 Å². The molecule has 0 N–H and O–H groups in total. The summed E-state index contributed by atoms with van der Waals surface area (Å²) in [5.74, 6) is 20.6. The molecule has 3 unspecified atom stereocenters. The molecule has 18 aromatic rings. The van der Waals surface area contributed by atoms with Crippen LogP contribution in [0.2, 0.25) is 0 Å². The number of rotatable bonds is 15. The summed E-state index contributed by atoms with van der Waals surface area (Å²) in [5, 5.41) is 14.0. The van der Waals surface area contributed by atoms with E-state index in [4.69, 9.17) is 14.2 Å². The first-order valence-corrected chi connectivity index (χ1v) is 40.1. The van der Waals surface area contributed by atoms with Crippen LogP contribution in [-0.2, 0) is 21.7 Å². The van der Waals surface area contributed by atoms with Gasteiger partial charge >= 0.3 is 0 Å². The van der Waals surface area contributed by atoms with E-state index in [1.807, 2.05) is 20.8 Å². The van der Waals surface area contributed by atoms with E-state index in [0.717, 1.165) is 66.3 Å². The van der Waals surface area contributed by atoms with Gasteiger partial charge in [-0.2, -0.15) is 0 Å². The van der Waals surface area contributed by atoms with Crippen molar-refractivity contribution < 1.29 is 14.2 Å². The van der Waals surface area contributed by atoms with E-state index < -0.39 is 21.7 Å². The lowest BCUT2D eigenvalue weighted by molar-refractivity contribution is 0.370. The van der Waals surface area contributed by atoms with Gasteiger partial charge in [0.05, 0.1) is 16.2 Å². The third-order valence-electron chi connectivity index (χ3n) is 25.6. The van der Waals surface area contributed by atoms with Gasteiger partial charge in [-0.05, 0) is 300 Å². The Kier molecular flexibility index (Phi) is 16.6. The highest BCUT2D eigenvalue weighted by atomic mass is 16.5. The van der Waals surface area contributed by atoms with Crippen molar-refractivity contribution in [2.45, 2.75) is 49.4 Å². The topological polar surface area (TPSA) is 27.7 Å². The molecule has 548 valence electrons. The molecular weight excluding hydrogens is 1410 g/mol. The van der Waals surface area contributed by atoms with E-state index in [-0.39, 0.29) is 0 Å². The predicted octanol–water partition coefficient (Wildman–Crippen LogP) is 26.3. The average Bonchev–Trinajstić information content (AvgIpc) is 1.53. The van der Waals surface area contributed by atoms with Gasteiger partial charge in [0.15, 0.2) is 0 Å². The normalized spacial score (nSPS) is 16.3. The van der Waals surface area contributed by atoms with E-state index in [1.165, 1.54) is 132 Å². The van der Waals surface area contributed by atoms with Gasteiger partial charge in [0.2, 0.25) is 0 Å². The van der Waals surface area contributed by atoms with Gasteiger partial charge in [-0.25, -0.2) is 0 Å². The first-order chi connectivity index (χ1) is 57.2. The molecule has 0 spiro atoms. The Balaban J connectivity index is 0.782. The molecule has 21 rings (SSSR count). The van der Waals surface area contributed by atoms with Gasteiger partial charge in [0.25, 0.3) is 0 Å². The lowest BCUT2D eigenvalue weighted by Crippen LogP contribution is -2.31. The summed E-state index contributed by atoms with van der Waals surface area (Å²) in [7, 11) is 0. The Morgan fingerprint density at radius 3 is 0.733 bits per heavy atom. The third-order valence-corrected chi connectivity index (χ3v) is 25.6. The van der Waals surface area contributed by atoms with Gasteiger partial charge in [0, 0.05) is 5.41 Å². The van der Waals surface area contributed by atoms with Crippen LogP contribution in [0.25, 0.3) is 98.0 Å². The molecule has 0 saturated heterocycles. The molecule has 3 aliphatic carbocycles. The maximum atomic E-state index is 6.16. The molecule has 0 bridgehead atoms. The zero-order valence-electron chi connectivity index (χ0n) is 65.0. The molecule has 3 atom stereocenters. The fourth-order valence-electron chi connectivity index (χ4n) is 20.1. The highest BCUT2D eigenvalue weighted by Crippen LogP contribution is 2.62. The number of hydrogen-bond donors (Lipinski definition) is 0. The molecule has 18 aromatic carbocycles. The SMILES string of the molecule is CC#CCOc1ccc2cc(C3(c4ccc(C(C)(c5ccc(C6(c7ccc8cc(OCC#CC)ccc8c7)c7ccccc7-c7cc8ccccc8cc76)cc5)c5ccc(C6(c7ccc8cc(OCC#CC)ccc8c7)c7ccccc7-c7cc8ccccc8cc76)cc5)cc4)c4ccccc4-c4cc5ccccc5cc43)ccc2c1. The molecule has 116 heavy (non-hydrogen) atoms. The molecule has 0 amide bonds. The molecule has 0 radical (unpaired) electrons. The van der Waals surface area contributed by atoms with Crippen LogP contribution in [0.15, 0.2) is 364 Å². The molecular formula is C113H78O3. The maximum absolute atomic E-state index is 6.16. The molecule has 3 nitrogen and oxygen atoms in total. The van der Waals surface area contributed by atoms with E-state index in [1.54, 1.807) is 0 Å². The van der Waals surface area contributed by atoms with Gasteiger partial charge < -0.3 is 14.2 Å². The van der Waals surface area contributed by atoms with Crippen molar-refractivity contribution in [2.75, 3.05) is 19.8 Å². The Morgan fingerprint density at radius 1 is 0.216 bits per heavy atom. The first kappa shape index (κ1) is 69.5. The van der Waals surface area contributed by atoms with Crippen LogP contribution in [0, 0.1) is 35.5 Å². The minimum atomic E-state index is -0.753. The number of ether oxygens (including phenoxy) is 3. The minimum absolute atomic E-state index is 0.336. The van der Waals surface area contributed by atoms with E-state index in [9.17, 15) is 0 Å². The van der Waals surface area contributed by atoms with Crippen LogP contribution < -0.4 is 14.2 Å². The van der Waals surface area contributed by atoms with Crippen molar-refractivity contribution in [1.29, 1.82) is 0 Å². The lowest BCUT2D eigenvalue weighted by atomic mass is 9.64. The Bertz CT molecular complexity index is 6600. The zero-order valence-corrected chi connectivity index (χ0v) is 65.0. The fourth-order valence-corrected chi connectivity index (χ4v) is 20.1. The highest BCUT2D eigenvalue weighted by molar-refractivity contribution is 6.01. The van der Waals surface area contributed by atoms with E-state index >= 15 is 0 Å². The molecule has 3 aliphatic rings.